The molecule has 0 aliphatic carbocycles. The average Bonchev–Trinajstić information content (AvgIpc) is 2.63. The van der Waals surface area contributed by atoms with Crippen molar-refractivity contribution in [2.75, 3.05) is 26.7 Å². The van der Waals surface area contributed by atoms with Crippen LogP contribution < -0.4 is 0 Å². The van der Waals surface area contributed by atoms with Crippen LogP contribution in [0.5, 0.6) is 0 Å². The van der Waals surface area contributed by atoms with Gasteiger partial charge in [0.05, 0.1) is 24.1 Å². The molecule has 0 amide bonds. The second-order valence-corrected chi connectivity index (χ2v) is 5.95. The van der Waals surface area contributed by atoms with Crippen molar-refractivity contribution in [2.45, 2.75) is 20.0 Å². The molecule has 17 heavy (non-hydrogen) atoms. The van der Waals surface area contributed by atoms with Gasteiger partial charge in [0.15, 0.2) is 5.78 Å². The summed E-state index contributed by atoms with van der Waals surface area (Å²) in [4.78, 5) is 14.7. The Balaban J connectivity index is 2.34. The molecule has 0 atom stereocenters. The van der Waals surface area contributed by atoms with Crippen molar-refractivity contribution in [3.63, 3.8) is 0 Å². The van der Waals surface area contributed by atoms with Gasteiger partial charge in [-0.3, -0.25) is 9.69 Å². The lowest BCUT2D eigenvalue weighted by Gasteiger charge is -2.16. The lowest BCUT2D eigenvalue weighted by Crippen LogP contribution is -2.29. The lowest BCUT2D eigenvalue weighted by atomic mass is 10.3. The fourth-order valence-corrected chi connectivity index (χ4v) is 2.86. The quantitative estimate of drug-likeness (QED) is 0.723. The maximum atomic E-state index is 11.9. The van der Waals surface area contributed by atoms with E-state index in [0.717, 1.165) is 15.9 Å². The summed E-state index contributed by atoms with van der Waals surface area (Å²) in [7, 11) is 1.93. The van der Waals surface area contributed by atoms with Gasteiger partial charge in [-0.1, -0.05) is 0 Å². The topological polar surface area (TPSA) is 29.5 Å². The zero-order valence-electron chi connectivity index (χ0n) is 10.4. The van der Waals surface area contributed by atoms with Gasteiger partial charge in [-0.2, -0.15) is 0 Å². The summed E-state index contributed by atoms with van der Waals surface area (Å²) in [5, 5.41) is 1.92. The van der Waals surface area contributed by atoms with Crippen LogP contribution in [0.25, 0.3) is 0 Å². The van der Waals surface area contributed by atoms with Gasteiger partial charge >= 0.3 is 0 Å². The summed E-state index contributed by atoms with van der Waals surface area (Å²) in [6.07, 6.45) is 0.241. The van der Waals surface area contributed by atoms with Crippen LogP contribution in [0.4, 0.5) is 0 Å². The van der Waals surface area contributed by atoms with Crippen molar-refractivity contribution in [1.29, 1.82) is 0 Å². The highest BCUT2D eigenvalue weighted by Crippen LogP contribution is 2.23. The molecule has 0 bridgehead atoms. The van der Waals surface area contributed by atoms with Gasteiger partial charge in [0.2, 0.25) is 0 Å². The highest BCUT2D eigenvalue weighted by Gasteiger charge is 2.13. The van der Waals surface area contributed by atoms with E-state index in [4.69, 9.17) is 4.74 Å². The van der Waals surface area contributed by atoms with Gasteiger partial charge in [-0.05, 0) is 48.3 Å². The molecular formula is C12H18BrNO2S. The number of likely N-dealkylation sites (N-methyl/N-ethyl adjacent to an activating group) is 1. The smallest absolute Gasteiger partial charge is 0.187 e. The number of ketones is 1. The van der Waals surface area contributed by atoms with E-state index < -0.39 is 0 Å². The number of hydrogen-bond acceptors (Lipinski definition) is 4. The Hall–Kier alpha value is -0.230. The largest absolute Gasteiger partial charge is 0.377 e. The second kappa shape index (κ2) is 7.26. The van der Waals surface area contributed by atoms with Crippen molar-refractivity contribution in [3.05, 3.63) is 20.8 Å². The van der Waals surface area contributed by atoms with Crippen LogP contribution in [0.2, 0.25) is 0 Å². The molecule has 0 saturated heterocycles. The molecule has 0 aliphatic heterocycles. The minimum atomic E-state index is 0.152. The number of carbonyl (C=O) groups is 1. The van der Waals surface area contributed by atoms with E-state index in [1.807, 2.05) is 37.2 Å². The summed E-state index contributed by atoms with van der Waals surface area (Å²) in [6, 6.07) is 1.90. The Morgan fingerprint density at radius 3 is 2.82 bits per heavy atom. The van der Waals surface area contributed by atoms with Crippen molar-refractivity contribution in [2.24, 2.45) is 0 Å². The maximum absolute atomic E-state index is 11.9. The van der Waals surface area contributed by atoms with E-state index in [-0.39, 0.29) is 11.9 Å². The third-order valence-electron chi connectivity index (χ3n) is 2.21. The van der Waals surface area contributed by atoms with Gasteiger partial charge in [-0.25, -0.2) is 0 Å². The molecule has 1 aromatic rings. The number of carbonyl (C=O) groups excluding carboxylic acids is 1. The highest BCUT2D eigenvalue weighted by molar-refractivity contribution is 9.10. The monoisotopic (exact) mass is 319 g/mol. The molecular weight excluding hydrogens is 302 g/mol. The number of hydrogen-bond donors (Lipinski definition) is 0. The average molecular weight is 320 g/mol. The maximum Gasteiger partial charge on any atom is 0.187 e. The number of rotatable bonds is 7. The molecule has 0 saturated carbocycles. The van der Waals surface area contributed by atoms with E-state index in [1.165, 1.54) is 11.3 Å². The summed E-state index contributed by atoms with van der Waals surface area (Å²) >= 11 is 4.85. The first-order valence-electron chi connectivity index (χ1n) is 5.57. The van der Waals surface area contributed by atoms with Crippen LogP contribution in [0, 0.1) is 0 Å². The summed E-state index contributed by atoms with van der Waals surface area (Å²) in [5.41, 5.74) is 0. The van der Waals surface area contributed by atoms with Crippen LogP contribution in [-0.2, 0) is 4.74 Å². The lowest BCUT2D eigenvalue weighted by molar-refractivity contribution is 0.0620. The zero-order chi connectivity index (χ0) is 12.8. The van der Waals surface area contributed by atoms with Crippen molar-refractivity contribution in [1.82, 2.24) is 4.90 Å². The first-order valence-corrected chi connectivity index (χ1v) is 7.24. The van der Waals surface area contributed by atoms with Gasteiger partial charge < -0.3 is 4.74 Å². The molecule has 5 heteroatoms. The van der Waals surface area contributed by atoms with E-state index in [0.29, 0.717) is 13.2 Å². The van der Waals surface area contributed by atoms with Crippen LogP contribution in [0.3, 0.4) is 0 Å². The number of Topliss-reactive ketones (excluding diaryl/α,β-unsaturated/α-hetero) is 1. The SMILES string of the molecule is CC(C)OCCN(C)CC(=O)c1sccc1Br. The van der Waals surface area contributed by atoms with Crippen LogP contribution >= 0.6 is 27.3 Å². The number of nitrogens with zero attached hydrogens (tertiary/aromatic N) is 1. The van der Waals surface area contributed by atoms with Crippen molar-refractivity contribution < 1.29 is 9.53 Å². The number of halogens is 1. The fraction of sp³-hybridized carbons (Fsp3) is 0.583. The first kappa shape index (κ1) is 14.8. The Kier molecular flexibility index (Phi) is 6.33. The van der Waals surface area contributed by atoms with Crippen LogP contribution in [0.1, 0.15) is 23.5 Å². The van der Waals surface area contributed by atoms with Gasteiger partial charge in [-0.15, -0.1) is 11.3 Å². The van der Waals surface area contributed by atoms with E-state index in [1.54, 1.807) is 0 Å². The number of thiophene rings is 1. The molecule has 0 fully saturated rings. The van der Waals surface area contributed by atoms with E-state index >= 15 is 0 Å². The number of ether oxygens (including phenoxy) is 1. The molecule has 0 N–H and O–H groups in total. The molecule has 96 valence electrons. The Morgan fingerprint density at radius 1 is 1.59 bits per heavy atom. The summed E-state index contributed by atoms with van der Waals surface area (Å²) in [6.45, 7) is 5.88. The normalized spacial score (nSPS) is 11.4. The zero-order valence-corrected chi connectivity index (χ0v) is 12.8. The Morgan fingerprint density at radius 2 is 2.29 bits per heavy atom. The highest BCUT2D eigenvalue weighted by atomic mass is 79.9. The summed E-state index contributed by atoms with van der Waals surface area (Å²) < 4.78 is 6.34. The second-order valence-electron chi connectivity index (χ2n) is 4.18. The first-order chi connectivity index (χ1) is 8.00. The Labute approximate surface area is 115 Å². The van der Waals surface area contributed by atoms with Crippen molar-refractivity contribution in [3.8, 4) is 0 Å². The minimum Gasteiger partial charge on any atom is -0.377 e. The fourth-order valence-electron chi connectivity index (χ4n) is 1.33. The van der Waals surface area contributed by atoms with E-state index in [2.05, 4.69) is 15.9 Å². The molecule has 0 spiro atoms. The molecule has 0 aromatic carbocycles. The predicted molar refractivity (Wildman–Crippen MR) is 74.9 cm³/mol. The molecule has 0 radical (unpaired) electrons. The molecule has 3 nitrogen and oxygen atoms in total. The molecule has 1 aromatic heterocycles. The molecule has 0 aliphatic rings. The molecule has 1 heterocycles. The van der Waals surface area contributed by atoms with Gasteiger partial charge in [0.1, 0.15) is 0 Å². The minimum absolute atomic E-state index is 0.152. The predicted octanol–water partition coefficient (Wildman–Crippen LogP) is 3.05. The standard InChI is InChI=1S/C12H18BrNO2S/c1-9(2)16-6-5-14(3)8-11(15)12-10(13)4-7-17-12/h4,7,9H,5-6,8H2,1-3H3. The van der Waals surface area contributed by atoms with Gasteiger partial charge in [0.25, 0.3) is 0 Å². The van der Waals surface area contributed by atoms with Crippen LogP contribution in [0.15, 0.2) is 15.9 Å². The summed E-state index contributed by atoms with van der Waals surface area (Å²) in [5.74, 6) is 0.152. The third kappa shape index (κ3) is 5.29. The third-order valence-corrected chi connectivity index (χ3v) is 4.09. The van der Waals surface area contributed by atoms with E-state index in [9.17, 15) is 4.79 Å². The van der Waals surface area contributed by atoms with Crippen LogP contribution in [-0.4, -0.2) is 43.5 Å². The van der Waals surface area contributed by atoms with Crippen molar-refractivity contribution >= 4 is 33.0 Å². The Bertz CT molecular complexity index is 365. The molecule has 0 unspecified atom stereocenters. The van der Waals surface area contributed by atoms with Gasteiger partial charge in [0, 0.05) is 11.0 Å². The molecule has 1 rings (SSSR count).